The summed E-state index contributed by atoms with van der Waals surface area (Å²) in [6, 6.07) is -0.944. The number of hydrogen-bond acceptors (Lipinski definition) is 9. The van der Waals surface area contributed by atoms with E-state index in [9.17, 15) is 19.5 Å². The van der Waals surface area contributed by atoms with Crippen LogP contribution in [0.3, 0.4) is 0 Å². The first-order chi connectivity index (χ1) is 12.4. The molecule has 2 aliphatic rings. The summed E-state index contributed by atoms with van der Waals surface area (Å²) >= 11 is 2.37. The van der Waals surface area contributed by atoms with Gasteiger partial charge >= 0.3 is 58.8 Å². The number of fused-ring (bicyclic) bond motifs is 1. The van der Waals surface area contributed by atoms with Crippen LogP contribution < -0.4 is 62.4 Å². The summed E-state index contributed by atoms with van der Waals surface area (Å²) in [7, 11) is 0. The number of nitrogens with zero attached hydrogens (tertiary/aromatic N) is 3. The van der Waals surface area contributed by atoms with E-state index in [1.165, 1.54) is 23.2 Å². The van der Waals surface area contributed by atoms with E-state index >= 15 is 0 Å². The molecule has 2 aliphatic heterocycles. The first-order valence-electron chi connectivity index (χ1n) is 7.16. The zero-order valence-corrected chi connectivity index (χ0v) is 18.8. The van der Waals surface area contributed by atoms with Gasteiger partial charge in [0.25, 0.3) is 11.8 Å². The number of carboxylic acids is 1. The number of aliphatic carboxylic acids is 1. The van der Waals surface area contributed by atoms with Gasteiger partial charge in [0.05, 0.1) is 0 Å². The van der Waals surface area contributed by atoms with Crippen molar-refractivity contribution in [3.63, 3.8) is 0 Å². The number of anilines is 1. The number of thiazole rings is 1. The summed E-state index contributed by atoms with van der Waals surface area (Å²) in [4.78, 5) is 41.2. The molecule has 27 heavy (non-hydrogen) atoms. The minimum Gasteiger partial charge on any atom is -0.477 e. The number of carboxylic acid groups (broad SMARTS) is 1. The average Bonchev–Trinajstić information content (AvgIpc) is 3.04. The van der Waals surface area contributed by atoms with E-state index in [-0.39, 0.29) is 75.0 Å². The SMILES string of the molecule is C=CC1=C(C(=O)O)N2C(=O)[C@@H](NC(=O)/C(=N\O)c3csc(N)n3)[C@H]2SC1.[H+].[K+]. The minimum absolute atomic E-state index is 0. The summed E-state index contributed by atoms with van der Waals surface area (Å²) < 4.78 is 0. The van der Waals surface area contributed by atoms with Crippen molar-refractivity contribution in [2.24, 2.45) is 5.16 Å². The zero-order valence-electron chi connectivity index (χ0n) is 15.1. The number of nitrogen functional groups attached to an aromatic ring is 1. The van der Waals surface area contributed by atoms with Crippen molar-refractivity contribution >= 4 is 51.7 Å². The second-order valence-corrected chi connectivity index (χ2v) is 7.26. The van der Waals surface area contributed by atoms with E-state index in [4.69, 9.17) is 10.9 Å². The molecule has 5 N–H and O–H groups in total. The van der Waals surface area contributed by atoms with Crippen molar-refractivity contribution in [1.29, 1.82) is 0 Å². The second-order valence-electron chi connectivity index (χ2n) is 5.26. The summed E-state index contributed by atoms with van der Waals surface area (Å²) in [5.74, 6) is -2.27. The second kappa shape index (κ2) is 8.85. The number of allylic oxidation sites excluding steroid dienone is 1. The smallest absolute Gasteiger partial charge is 0.477 e. The van der Waals surface area contributed by atoms with E-state index < -0.39 is 29.2 Å². The van der Waals surface area contributed by atoms with Crippen molar-refractivity contribution < 1.29 is 77.5 Å². The Balaban J connectivity index is 0.00000196. The molecule has 0 spiro atoms. The number of aromatic nitrogens is 1. The molecule has 2 atom stereocenters. The molecule has 1 fully saturated rings. The molecule has 1 aromatic heterocycles. The molecule has 0 saturated carbocycles. The Morgan fingerprint density at radius 2 is 2.26 bits per heavy atom. The minimum atomic E-state index is -1.24. The van der Waals surface area contributed by atoms with Gasteiger partial charge in [-0.3, -0.25) is 14.5 Å². The van der Waals surface area contributed by atoms with Gasteiger partial charge in [0, 0.05) is 11.1 Å². The van der Waals surface area contributed by atoms with E-state index in [0.717, 1.165) is 16.2 Å². The van der Waals surface area contributed by atoms with Gasteiger partial charge < -0.3 is 21.4 Å². The summed E-state index contributed by atoms with van der Waals surface area (Å²) in [6.45, 7) is 3.56. The van der Waals surface area contributed by atoms with Crippen LogP contribution in [0.5, 0.6) is 0 Å². The van der Waals surface area contributed by atoms with E-state index in [1.54, 1.807) is 0 Å². The normalized spacial score (nSPS) is 21.7. The molecule has 1 aromatic rings. The van der Waals surface area contributed by atoms with Crippen LogP contribution in [-0.4, -0.2) is 60.9 Å². The van der Waals surface area contributed by atoms with E-state index in [1.807, 2.05) is 0 Å². The third kappa shape index (κ3) is 3.99. The molecule has 10 nitrogen and oxygen atoms in total. The van der Waals surface area contributed by atoms with Crippen LogP contribution in [0.2, 0.25) is 0 Å². The number of nitrogens with one attached hydrogen (secondary N) is 1. The maximum atomic E-state index is 12.4. The van der Waals surface area contributed by atoms with Crippen molar-refractivity contribution in [3.8, 4) is 0 Å². The van der Waals surface area contributed by atoms with Crippen LogP contribution in [0, 0.1) is 0 Å². The van der Waals surface area contributed by atoms with Gasteiger partial charge in [-0.15, -0.1) is 23.1 Å². The molecule has 0 radical (unpaired) electrons. The summed E-state index contributed by atoms with van der Waals surface area (Å²) in [5, 5.41) is 24.9. The molecule has 136 valence electrons. The van der Waals surface area contributed by atoms with Gasteiger partial charge in [0.2, 0.25) is 0 Å². The molecular weight excluding hydrogens is 421 g/mol. The fraction of sp³-hybridized carbons (Fsp3) is 0.214. The van der Waals surface area contributed by atoms with Gasteiger partial charge in [-0.2, -0.15) is 0 Å². The number of oxime groups is 1. The van der Waals surface area contributed by atoms with Gasteiger partial charge in [0.1, 0.15) is 22.8 Å². The van der Waals surface area contributed by atoms with Gasteiger partial charge in [-0.25, -0.2) is 9.78 Å². The Morgan fingerprint density at radius 3 is 2.78 bits per heavy atom. The van der Waals surface area contributed by atoms with E-state index in [2.05, 4.69) is 22.0 Å². The van der Waals surface area contributed by atoms with Crippen molar-refractivity contribution in [2.75, 3.05) is 11.5 Å². The van der Waals surface area contributed by atoms with Gasteiger partial charge in [-0.05, 0) is 5.57 Å². The molecule has 2 amide bonds. The first-order valence-corrected chi connectivity index (χ1v) is 9.09. The predicted octanol–water partition coefficient (Wildman–Crippen LogP) is -3.06. The Labute approximate surface area is 205 Å². The number of nitrogens with two attached hydrogens (primary N) is 1. The molecule has 0 aliphatic carbocycles. The number of β-lactam (4-membered cyclic amide) rings is 1. The van der Waals surface area contributed by atoms with E-state index in [0.29, 0.717) is 11.3 Å². The van der Waals surface area contributed by atoms with Gasteiger partial charge in [0.15, 0.2) is 10.8 Å². The number of rotatable bonds is 5. The monoisotopic (exact) mass is 435 g/mol. The quantitative estimate of drug-likeness (QED) is 0.125. The first kappa shape index (κ1) is 22.1. The molecule has 3 heterocycles. The Bertz CT molecular complexity index is 889. The molecule has 3 rings (SSSR count). The maximum Gasteiger partial charge on any atom is 1.00 e. The molecule has 0 unspecified atom stereocenters. The van der Waals surface area contributed by atoms with Crippen LogP contribution >= 0.6 is 23.1 Å². The number of carbonyl (C=O) groups excluding carboxylic acids is 2. The fourth-order valence-electron chi connectivity index (χ4n) is 2.62. The average molecular weight is 436 g/mol. The molecule has 13 heteroatoms. The Hall–Kier alpha value is -1.22. The van der Waals surface area contributed by atoms with Crippen LogP contribution in [0.4, 0.5) is 5.13 Å². The Morgan fingerprint density at radius 1 is 1.56 bits per heavy atom. The molecular formula is C14H14KN5O5S2+2. The molecule has 0 bridgehead atoms. The number of thioether (sulfide) groups is 1. The third-order valence-electron chi connectivity index (χ3n) is 3.81. The molecule has 0 aromatic carbocycles. The summed E-state index contributed by atoms with van der Waals surface area (Å²) in [5.41, 5.74) is 5.49. The predicted molar refractivity (Wildman–Crippen MR) is 95.8 cm³/mol. The van der Waals surface area contributed by atoms with Crippen molar-refractivity contribution in [2.45, 2.75) is 11.4 Å². The number of carbonyl (C=O) groups is 3. The van der Waals surface area contributed by atoms with Crippen LogP contribution in [0.15, 0.2) is 34.5 Å². The topological polar surface area (TPSA) is 158 Å². The zero-order chi connectivity index (χ0) is 19.0. The third-order valence-corrected chi connectivity index (χ3v) is 5.79. The fourth-order valence-corrected chi connectivity index (χ4v) is 4.51. The maximum absolute atomic E-state index is 12.4. The Kier molecular flexibility index (Phi) is 7.24. The van der Waals surface area contributed by atoms with Crippen LogP contribution in [-0.2, 0) is 14.4 Å². The number of amides is 2. The number of hydrogen-bond donors (Lipinski definition) is 4. The van der Waals surface area contributed by atoms with Crippen molar-refractivity contribution in [3.05, 3.63) is 35.0 Å². The van der Waals surface area contributed by atoms with Crippen LogP contribution in [0.25, 0.3) is 0 Å². The summed E-state index contributed by atoms with van der Waals surface area (Å²) in [6.07, 6.45) is 1.40. The largest absolute Gasteiger partial charge is 1.00 e. The standard InChI is InChI=1S/C14H13N5O5S2.K/c1-2-5-3-25-12-8(11(21)19(12)9(5)13(22)23)17-10(20)7(18-24)6-4-26-14(15)16-6;/h2,4,8,12,24H,1,3H2,(H2,15,16)(H,17,20)(H,22,23);/q;+1/p+1/b18-7-;/t8-,12-;/m1./s1. The molecule has 1 saturated heterocycles. The van der Waals surface area contributed by atoms with Crippen LogP contribution in [0.1, 0.15) is 7.12 Å². The van der Waals surface area contributed by atoms with Gasteiger partial charge in [-0.1, -0.05) is 17.8 Å². The van der Waals surface area contributed by atoms with Crippen molar-refractivity contribution in [1.82, 2.24) is 15.2 Å².